The van der Waals surface area contributed by atoms with E-state index in [4.69, 9.17) is 0 Å². The highest BCUT2D eigenvalue weighted by Crippen LogP contribution is 2.42. The molecule has 1 nitrogen and oxygen atoms in total. The molecule has 0 amide bonds. The molecule has 2 heteroatoms. The summed E-state index contributed by atoms with van der Waals surface area (Å²) < 4.78 is 13.3. The minimum atomic E-state index is -0.155. The molecule has 116 valence electrons. The second kappa shape index (κ2) is 6.62. The summed E-state index contributed by atoms with van der Waals surface area (Å²) in [7, 11) is 4.26. The molecule has 0 aliphatic heterocycles. The Morgan fingerprint density at radius 3 is 2.50 bits per heavy atom. The van der Waals surface area contributed by atoms with Crippen molar-refractivity contribution in [2.75, 3.05) is 20.6 Å². The number of aryl methyl sites for hydroxylation is 1. The molecule has 0 fully saturated rings. The summed E-state index contributed by atoms with van der Waals surface area (Å²) in [5.74, 6) is 0.867. The van der Waals surface area contributed by atoms with Crippen LogP contribution in [0, 0.1) is 11.7 Å². The molecule has 2 atom stereocenters. The van der Waals surface area contributed by atoms with Crippen LogP contribution < -0.4 is 0 Å². The number of fused-ring (bicyclic) bond motifs is 1. The Bertz CT molecular complexity index is 618. The number of nitrogens with zero attached hydrogens (tertiary/aromatic N) is 1. The van der Waals surface area contributed by atoms with Crippen molar-refractivity contribution < 1.29 is 4.39 Å². The quantitative estimate of drug-likeness (QED) is 0.804. The van der Waals surface area contributed by atoms with Crippen LogP contribution in [-0.2, 0) is 6.42 Å². The van der Waals surface area contributed by atoms with Crippen LogP contribution in [0.15, 0.2) is 48.5 Å². The first-order valence-corrected chi connectivity index (χ1v) is 8.13. The molecule has 0 saturated heterocycles. The average Bonchev–Trinajstić information content (AvgIpc) is 2.53. The van der Waals surface area contributed by atoms with Crippen molar-refractivity contribution in [1.29, 1.82) is 0 Å². The molecular weight excluding hydrogens is 273 g/mol. The highest BCUT2D eigenvalue weighted by Gasteiger charge is 2.30. The number of benzene rings is 2. The van der Waals surface area contributed by atoms with Gasteiger partial charge in [-0.3, -0.25) is 0 Å². The van der Waals surface area contributed by atoms with Crippen molar-refractivity contribution >= 4 is 0 Å². The third-order valence-corrected chi connectivity index (χ3v) is 4.82. The summed E-state index contributed by atoms with van der Waals surface area (Å²) in [6.45, 7) is 1.10. The van der Waals surface area contributed by atoms with E-state index in [1.54, 1.807) is 12.1 Å². The Morgan fingerprint density at radius 2 is 1.77 bits per heavy atom. The minimum absolute atomic E-state index is 0.155. The maximum Gasteiger partial charge on any atom is 0.123 e. The van der Waals surface area contributed by atoms with Gasteiger partial charge in [0.15, 0.2) is 0 Å². The van der Waals surface area contributed by atoms with Crippen molar-refractivity contribution in [3.8, 4) is 0 Å². The molecule has 2 aromatic rings. The van der Waals surface area contributed by atoms with Crippen molar-refractivity contribution in [3.05, 3.63) is 71.0 Å². The number of rotatable bonds is 4. The summed E-state index contributed by atoms with van der Waals surface area (Å²) in [4.78, 5) is 2.25. The molecule has 0 spiro atoms. The van der Waals surface area contributed by atoms with Crippen molar-refractivity contribution in [2.24, 2.45) is 5.92 Å². The first kappa shape index (κ1) is 15.2. The molecule has 2 unspecified atom stereocenters. The lowest BCUT2D eigenvalue weighted by atomic mass is 9.70. The molecule has 3 rings (SSSR count). The third kappa shape index (κ3) is 3.22. The zero-order valence-electron chi connectivity index (χ0n) is 13.4. The fraction of sp³-hybridized carbons (Fsp3) is 0.400. The molecule has 2 aromatic carbocycles. The fourth-order valence-corrected chi connectivity index (χ4v) is 3.68. The van der Waals surface area contributed by atoms with Crippen LogP contribution in [-0.4, -0.2) is 25.5 Å². The van der Waals surface area contributed by atoms with E-state index in [-0.39, 0.29) is 5.82 Å². The standard InChI is InChI=1S/C20H24FN/c1-22(2)14-13-17-8-7-15-5-3-4-6-19(15)20(17)16-9-11-18(21)12-10-16/h3-6,9-12,17,20H,7-8,13-14H2,1-2H3. The molecule has 1 aliphatic rings. The molecule has 0 saturated carbocycles. The monoisotopic (exact) mass is 297 g/mol. The lowest BCUT2D eigenvalue weighted by Gasteiger charge is -2.35. The lowest BCUT2D eigenvalue weighted by molar-refractivity contribution is 0.311. The van der Waals surface area contributed by atoms with Crippen molar-refractivity contribution in [2.45, 2.75) is 25.2 Å². The van der Waals surface area contributed by atoms with E-state index in [2.05, 4.69) is 43.3 Å². The van der Waals surface area contributed by atoms with Gasteiger partial charge in [-0.05, 0) is 74.6 Å². The number of halogens is 1. The third-order valence-electron chi connectivity index (χ3n) is 4.82. The normalized spacial score (nSPS) is 20.9. The van der Waals surface area contributed by atoms with Crippen molar-refractivity contribution in [3.63, 3.8) is 0 Å². The summed E-state index contributed by atoms with van der Waals surface area (Å²) >= 11 is 0. The van der Waals surface area contributed by atoms with Gasteiger partial charge in [0.2, 0.25) is 0 Å². The number of hydrogen-bond donors (Lipinski definition) is 0. The second-order valence-electron chi connectivity index (χ2n) is 6.62. The van der Waals surface area contributed by atoms with Crippen LogP contribution in [0.25, 0.3) is 0 Å². The average molecular weight is 297 g/mol. The van der Waals surface area contributed by atoms with Gasteiger partial charge in [0.1, 0.15) is 5.82 Å². The molecule has 0 bridgehead atoms. The Morgan fingerprint density at radius 1 is 1.05 bits per heavy atom. The Kier molecular flexibility index (Phi) is 4.58. The SMILES string of the molecule is CN(C)CCC1CCc2ccccc2C1c1ccc(F)cc1. The van der Waals surface area contributed by atoms with E-state index in [0.717, 1.165) is 13.0 Å². The Hall–Kier alpha value is -1.67. The van der Waals surface area contributed by atoms with E-state index < -0.39 is 0 Å². The largest absolute Gasteiger partial charge is 0.309 e. The number of hydrogen-bond acceptors (Lipinski definition) is 1. The van der Waals surface area contributed by atoms with Gasteiger partial charge >= 0.3 is 0 Å². The molecule has 0 radical (unpaired) electrons. The van der Waals surface area contributed by atoms with Crippen LogP contribution in [0.5, 0.6) is 0 Å². The summed E-state index contributed by atoms with van der Waals surface area (Å²) in [6.07, 6.45) is 3.56. The minimum Gasteiger partial charge on any atom is -0.309 e. The summed E-state index contributed by atoms with van der Waals surface area (Å²) in [5.41, 5.74) is 4.14. The van der Waals surface area contributed by atoms with E-state index in [9.17, 15) is 4.39 Å². The topological polar surface area (TPSA) is 3.24 Å². The smallest absolute Gasteiger partial charge is 0.123 e. The molecule has 0 N–H and O–H groups in total. The van der Waals surface area contributed by atoms with Gasteiger partial charge in [-0.25, -0.2) is 4.39 Å². The molecule has 0 aromatic heterocycles. The van der Waals surface area contributed by atoms with E-state index in [0.29, 0.717) is 11.8 Å². The molecule has 0 heterocycles. The van der Waals surface area contributed by atoms with Crippen molar-refractivity contribution in [1.82, 2.24) is 4.90 Å². The predicted octanol–water partition coefficient (Wildman–Crippen LogP) is 4.47. The highest BCUT2D eigenvalue weighted by molar-refractivity contribution is 5.41. The van der Waals surface area contributed by atoms with Gasteiger partial charge in [0.05, 0.1) is 0 Å². The lowest BCUT2D eigenvalue weighted by Crippen LogP contribution is -2.25. The Balaban J connectivity index is 1.96. The van der Waals surface area contributed by atoms with Gasteiger partial charge in [-0.2, -0.15) is 0 Å². The zero-order valence-corrected chi connectivity index (χ0v) is 13.4. The van der Waals surface area contributed by atoms with Crippen LogP contribution in [0.1, 0.15) is 35.4 Å². The molecular formula is C20H24FN. The van der Waals surface area contributed by atoms with Gasteiger partial charge < -0.3 is 4.90 Å². The summed E-state index contributed by atoms with van der Waals surface area (Å²) in [5, 5.41) is 0. The van der Waals surface area contributed by atoms with E-state index in [1.165, 1.54) is 29.5 Å². The van der Waals surface area contributed by atoms with Gasteiger partial charge in [-0.15, -0.1) is 0 Å². The van der Waals surface area contributed by atoms with Crippen LogP contribution in [0.2, 0.25) is 0 Å². The highest BCUT2D eigenvalue weighted by atomic mass is 19.1. The predicted molar refractivity (Wildman–Crippen MR) is 89.7 cm³/mol. The first-order chi connectivity index (χ1) is 10.6. The maximum atomic E-state index is 13.3. The fourth-order valence-electron chi connectivity index (χ4n) is 3.68. The van der Waals surface area contributed by atoms with Crippen LogP contribution in [0.3, 0.4) is 0 Å². The first-order valence-electron chi connectivity index (χ1n) is 8.13. The van der Waals surface area contributed by atoms with E-state index in [1.807, 2.05) is 12.1 Å². The molecule has 1 aliphatic carbocycles. The van der Waals surface area contributed by atoms with Gasteiger partial charge in [0, 0.05) is 5.92 Å². The Labute approximate surface area is 132 Å². The zero-order chi connectivity index (χ0) is 15.5. The van der Waals surface area contributed by atoms with Gasteiger partial charge in [0.25, 0.3) is 0 Å². The maximum absolute atomic E-state index is 13.3. The van der Waals surface area contributed by atoms with Gasteiger partial charge in [-0.1, -0.05) is 36.4 Å². The van der Waals surface area contributed by atoms with Crippen LogP contribution in [0.4, 0.5) is 4.39 Å². The summed E-state index contributed by atoms with van der Waals surface area (Å²) in [6, 6.07) is 15.9. The molecule has 22 heavy (non-hydrogen) atoms. The second-order valence-corrected chi connectivity index (χ2v) is 6.62. The van der Waals surface area contributed by atoms with E-state index >= 15 is 0 Å². The van der Waals surface area contributed by atoms with Crippen LogP contribution >= 0.6 is 0 Å².